The number of thioether (sulfide) groups is 1. The Hall–Kier alpha value is -1.04. The Bertz CT molecular complexity index is 530. The molecule has 2 atom stereocenters. The van der Waals surface area contributed by atoms with Crippen molar-refractivity contribution in [3.8, 4) is 0 Å². The van der Waals surface area contributed by atoms with E-state index in [-0.39, 0.29) is 5.91 Å². The van der Waals surface area contributed by atoms with Crippen LogP contribution in [0.1, 0.15) is 63.7 Å². The van der Waals surface area contributed by atoms with E-state index < -0.39 is 0 Å². The molecule has 0 N–H and O–H groups in total. The topological polar surface area (TPSA) is 51.0 Å². The Morgan fingerprint density at radius 1 is 1.23 bits per heavy atom. The first kappa shape index (κ1) is 15.8. The van der Waals surface area contributed by atoms with Crippen LogP contribution < -0.4 is 0 Å². The van der Waals surface area contributed by atoms with Crippen molar-refractivity contribution in [3.63, 3.8) is 0 Å². The van der Waals surface area contributed by atoms with E-state index in [1.54, 1.807) is 11.8 Å². The molecule has 0 aromatic carbocycles. The maximum atomic E-state index is 11.9. The maximum absolute atomic E-state index is 11.9. The molecule has 1 aliphatic carbocycles. The predicted octanol–water partition coefficient (Wildman–Crippen LogP) is 3.40. The molecule has 122 valence electrons. The summed E-state index contributed by atoms with van der Waals surface area (Å²) in [5.41, 5.74) is 0. The first-order valence-electron chi connectivity index (χ1n) is 8.47. The minimum Gasteiger partial charge on any atom is -0.333 e. The van der Waals surface area contributed by atoms with Crippen LogP contribution in [0.25, 0.3) is 0 Å². The number of hydrogen-bond donors (Lipinski definition) is 0. The normalized spacial score (nSPS) is 26.5. The first-order valence-corrected chi connectivity index (χ1v) is 9.46. The second-order valence-corrected chi connectivity index (χ2v) is 7.63. The number of carbonyl (C=O) groups is 1. The molecule has 1 saturated carbocycles. The molecule has 2 heterocycles. The largest absolute Gasteiger partial charge is 0.333 e. The van der Waals surface area contributed by atoms with Crippen LogP contribution in [-0.2, 0) is 4.79 Å². The quantitative estimate of drug-likeness (QED) is 0.797. The Kier molecular flexibility index (Phi) is 5.06. The maximum Gasteiger partial charge on any atom is 0.223 e. The van der Waals surface area contributed by atoms with Gasteiger partial charge in [-0.15, -0.1) is 10.2 Å². The van der Waals surface area contributed by atoms with Gasteiger partial charge in [0, 0.05) is 19.0 Å². The highest BCUT2D eigenvalue weighted by molar-refractivity contribution is 7.99. The van der Waals surface area contributed by atoms with E-state index in [1.165, 1.54) is 25.7 Å². The smallest absolute Gasteiger partial charge is 0.223 e. The second kappa shape index (κ2) is 7.02. The summed E-state index contributed by atoms with van der Waals surface area (Å²) in [6, 6.07) is 0.526. The number of aryl methyl sites for hydroxylation is 1. The lowest BCUT2D eigenvalue weighted by atomic mass is 9.87. The Balaban J connectivity index is 1.67. The molecule has 2 aliphatic rings. The second-order valence-electron chi connectivity index (χ2n) is 6.71. The van der Waals surface area contributed by atoms with Crippen LogP contribution in [0.3, 0.4) is 0 Å². The molecule has 1 amide bonds. The number of amides is 1. The van der Waals surface area contributed by atoms with Gasteiger partial charge in [0.25, 0.3) is 0 Å². The van der Waals surface area contributed by atoms with E-state index in [0.717, 1.165) is 36.3 Å². The Morgan fingerprint density at radius 2 is 2.09 bits per heavy atom. The third-order valence-corrected chi connectivity index (χ3v) is 5.86. The lowest BCUT2D eigenvalue weighted by Gasteiger charge is -2.30. The predicted molar refractivity (Wildman–Crippen MR) is 87.7 cm³/mol. The highest BCUT2D eigenvalue weighted by atomic mass is 32.2. The molecule has 6 heteroatoms. The van der Waals surface area contributed by atoms with Gasteiger partial charge in [-0.05, 0) is 38.5 Å². The van der Waals surface area contributed by atoms with Gasteiger partial charge in [-0.1, -0.05) is 31.5 Å². The van der Waals surface area contributed by atoms with Crippen molar-refractivity contribution in [3.05, 3.63) is 5.82 Å². The molecule has 0 bridgehead atoms. The number of hydrogen-bond acceptors (Lipinski definition) is 4. The average Bonchev–Trinajstić information content (AvgIpc) is 2.87. The monoisotopic (exact) mass is 322 g/mol. The van der Waals surface area contributed by atoms with E-state index in [2.05, 4.69) is 21.7 Å². The molecular formula is C16H26N4OS. The van der Waals surface area contributed by atoms with Gasteiger partial charge < -0.3 is 9.47 Å². The van der Waals surface area contributed by atoms with Crippen molar-refractivity contribution in [1.29, 1.82) is 0 Å². The van der Waals surface area contributed by atoms with Crippen molar-refractivity contribution in [2.45, 2.75) is 70.0 Å². The fraction of sp³-hybridized carbons (Fsp3) is 0.812. The highest BCUT2D eigenvalue weighted by Crippen LogP contribution is 2.35. The summed E-state index contributed by atoms with van der Waals surface area (Å²) >= 11 is 1.67. The summed E-state index contributed by atoms with van der Waals surface area (Å²) in [7, 11) is 0. The zero-order valence-corrected chi connectivity index (χ0v) is 14.4. The Labute approximate surface area is 136 Å². The molecule has 3 rings (SSSR count). The van der Waals surface area contributed by atoms with Gasteiger partial charge in [-0.25, -0.2) is 0 Å². The standard InChI is InChI=1S/C16H26N4OS/c1-12-6-5-7-14(10-12)20-13(2)17-18-16(20)22-11-19-9-4-3-8-15(19)21/h12,14H,3-11H2,1-2H3/t12-,14+/m0/s1. The van der Waals surface area contributed by atoms with E-state index in [0.29, 0.717) is 18.3 Å². The highest BCUT2D eigenvalue weighted by Gasteiger charge is 2.25. The molecule has 1 aliphatic heterocycles. The molecule has 22 heavy (non-hydrogen) atoms. The van der Waals surface area contributed by atoms with E-state index in [9.17, 15) is 4.79 Å². The number of carbonyl (C=O) groups excluding carboxylic acids is 1. The average molecular weight is 322 g/mol. The lowest BCUT2D eigenvalue weighted by Crippen LogP contribution is -2.35. The Morgan fingerprint density at radius 3 is 2.86 bits per heavy atom. The number of nitrogens with zero attached hydrogens (tertiary/aromatic N) is 4. The first-order chi connectivity index (χ1) is 10.6. The van der Waals surface area contributed by atoms with Gasteiger partial charge in [0.2, 0.25) is 5.91 Å². The fourth-order valence-corrected chi connectivity index (χ4v) is 4.70. The number of rotatable bonds is 4. The number of piperidine rings is 1. The van der Waals surface area contributed by atoms with Crippen LogP contribution in [0.5, 0.6) is 0 Å². The van der Waals surface area contributed by atoms with E-state index in [4.69, 9.17) is 0 Å². The summed E-state index contributed by atoms with van der Waals surface area (Å²) in [5.74, 6) is 2.78. The summed E-state index contributed by atoms with van der Waals surface area (Å²) in [4.78, 5) is 13.9. The van der Waals surface area contributed by atoms with Crippen molar-refractivity contribution < 1.29 is 4.79 Å². The molecule has 5 nitrogen and oxygen atoms in total. The molecule has 1 aromatic rings. The van der Waals surface area contributed by atoms with Gasteiger partial charge in [-0.3, -0.25) is 4.79 Å². The van der Waals surface area contributed by atoms with Crippen LogP contribution in [0.15, 0.2) is 5.16 Å². The molecule has 0 spiro atoms. The molecular weight excluding hydrogens is 296 g/mol. The zero-order chi connectivity index (χ0) is 15.5. The minimum absolute atomic E-state index is 0.285. The number of aromatic nitrogens is 3. The van der Waals surface area contributed by atoms with E-state index >= 15 is 0 Å². The summed E-state index contributed by atoms with van der Waals surface area (Å²) < 4.78 is 2.31. The third kappa shape index (κ3) is 3.47. The minimum atomic E-state index is 0.285. The summed E-state index contributed by atoms with van der Waals surface area (Å²) in [6.07, 6.45) is 7.93. The number of likely N-dealkylation sites (tertiary alicyclic amines) is 1. The van der Waals surface area contributed by atoms with Crippen LogP contribution in [-0.4, -0.2) is 38.0 Å². The van der Waals surface area contributed by atoms with Gasteiger partial charge >= 0.3 is 0 Å². The van der Waals surface area contributed by atoms with Gasteiger partial charge in [-0.2, -0.15) is 0 Å². The van der Waals surface area contributed by atoms with Gasteiger partial charge in [0.05, 0.1) is 5.88 Å². The summed E-state index contributed by atoms with van der Waals surface area (Å²) in [6.45, 7) is 5.27. The van der Waals surface area contributed by atoms with Crippen molar-refractivity contribution in [2.75, 3.05) is 12.4 Å². The van der Waals surface area contributed by atoms with Crippen molar-refractivity contribution in [2.24, 2.45) is 5.92 Å². The lowest BCUT2D eigenvalue weighted by molar-refractivity contribution is -0.132. The molecule has 0 radical (unpaired) electrons. The van der Waals surface area contributed by atoms with Crippen LogP contribution in [0, 0.1) is 12.8 Å². The van der Waals surface area contributed by atoms with Crippen molar-refractivity contribution >= 4 is 17.7 Å². The molecule has 2 fully saturated rings. The molecule has 0 unspecified atom stereocenters. The molecule has 1 aromatic heterocycles. The van der Waals surface area contributed by atoms with Gasteiger partial charge in [0.1, 0.15) is 5.82 Å². The van der Waals surface area contributed by atoms with E-state index in [1.807, 2.05) is 11.8 Å². The SMILES string of the molecule is Cc1nnc(SCN2CCCCC2=O)n1[C@@H]1CCC[C@H](C)C1. The van der Waals surface area contributed by atoms with Gasteiger partial charge in [0.15, 0.2) is 5.16 Å². The summed E-state index contributed by atoms with van der Waals surface area (Å²) in [5, 5.41) is 9.63. The molecule has 1 saturated heterocycles. The fourth-order valence-electron chi connectivity index (χ4n) is 3.64. The van der Waals surface area contributed by atoms with Crippen LogP contribution in [0.2, 0.25) is 0 Å². The van der Waals surface area contributed by atoms with Crippen molar-refractivity contribution in [1.82, 2.24) is 19.7 Å². The van der Waals surface area contributed by atoms with Crippen LogP contribution in [0.4, 0.5) is 0 Å². The zero-order valence-electron chi connectivity index (χ0n) is 13.6. The van der Waals surface area contributed by atoms with Crippen LogP contribution >= 0.6 is 11.8 Å². The third-order valence-electron chi connectivity index (χ3n) is 4.88.